The van der Waals surface area contributed by atoms with Crippen LogP contribution < -0.4 is 0 Å². The van der Waals surface area contributed by atoms with Gasteiger partial charge in [0.15, 0.2) is 0 Å². The van der Waals surface area contributed by atoms with Gasteiger partial charge >= 0.3 is 0 Å². The molecule has 2 aliphatic heterocycles. The molecule has 0 aromatic heterocycles. The molecule has 1 unspecified atom stereocenters. The second-order valence-corrected chi connectivity index (χ2v) is 3.59. The Morgan fingerprint density at radius 1 is 1.58 bits per heavy atom. The van der Waals surface area contributed by atoms with Crippen LogP contribution in [0.4, 0.5) is 0 Å². The first-order chi connectivity index (χ1) is 5.72. The second-order valence-electron chi connectivity index (χ2n) is 3.23. The predicted molar refractivity (Wildman–Crippen MR) is 51.7 cm³/mol. The second kappa shape index (κ2) is 2.56. The summed E-state index contributed by atoms with van der Waals surface area (Å²) < 4.78 is 0. The molecule has 3 heteroatoms. The number of hydrogen-bond donors (Lipinski definition) is 0. The zero-order chi connectivity index (χ0) is 8.60. The molecule has 1 atom stereocenters. The molecule has 0 spiro atoms. The van der Waals surface area contributed by atoms with E-state index in [1.165, 1.54) is 0 Å². The van der Waals surface area contributed by atoms with Crippen LogP contribution in [-0.4, -0.2) is 12.4 Å². The number of hydrogen-bond acceptors (Lipinski definition) is 2. The Balaban J connectivity index is 2.53. The average molecular weight is 181 g/mol. The lowest BCUT2D eigenvalue weighted by Gasteiger charge is -2.29. The normalized spacial score (nSPS) is 32.5. The minimum Gasteiger partial charge on any atom is -0.268 e. The number of rotatable bonds is 0. The third kappa shape index (κ3) is 1.03. The van der Waals surface area contributed by atoms with Gasteiger partial charge in [-0.3, -0.25) is 4.99 Å². The van der Waals surface area contributed by atoms with Gasteiger partial charge in [0.05, 0.1) is 0 Å². The fourth-order valence-electron chi connectivity index (χ4n) is 1.44. The van der Waals surface area contributed by atoms with Crippen molar-refractivity contribution in [1.82, 2.24) is 0 Å². The Morgan fingerprint density at radius 2 is 2.42 bits per heavy atom. The first kappa shape index (κ1) is 7.74. The number of nitrogens with zero attached hydrogens (tertiary/aromatic N) is 2. The maximum atomic E-state index is 5.95. The van der Waals surface area contributed by atoms with Crippen LogP contribution in [0, 0.1) is 5.41 Å². The van der Waals surface area contributed by atoms with E-state index in [1.54, 1.807) is 6.20 Å². The van der Waals surface area contributed by atoms with Crippen molar-refractivity contribution >= 4 is 24.0 Å². The molecule has 2 rings (SSSR count). The van der Waals surface area contributed by atoms with Gasteiger partial charge < -0.3 is 0 Å². The van der Waals surface area contributed by atoms with E-state index < -0.39 is 0 Å². The number of aliphatic imine (C=N–C) groups is 2. The van der Waals surface area contributed by atoms with Crippen LogP contribution in [0.15, 0.2) is 33.0 Å². The summed E-state index contributed by atoms with van der Waals surface area (Å²) in [5.41, 5.74) is 1.04. The first-order valence-electron chi connectivity index (χ1n) is 3.86. The SMILES string of the molecule is CC12C=NC=CC1=C(Cl)N=CC2. The minimum atomic E-state index is -0.0341. The van der Waals surface area contributed by atoms with E-state index in [9.17, 15) is 0 Å². The lowest BCUT2D eigenvalue weighted by molar-refractivity contribution is 0.601. The zero-order valence-electron chi connectivity index (χ0n) is 6.79. The van der Waals surface area contributed by atoms with E-state index in [0.29, 0.717) is 5.16 Å². The van der Waals surface area contributed by atoms with E-state index in [4.69, 9.17) is 11.6 Å². The molecule has 0 aromatic rings. The van der Waals surface area contributed by atoms with E-state index in [2.05, 4.69) is 16.9 Å². The van der Waals surface area contributed by atoms with Gasteiger partial charge in [-0.25, -0.2) is 4.99 Å². The van der Waals surface area contributed by atoms with Crippen LogP contribution in [0.2, 0.25) is 0 Å². The van der Waals surface area contributed by atoms with Gasteiger partial charge in [0.2, 0.25) is 0 Å². The van der Waals surface area contributed by atoms with Gasteiger partial charge in [0, 0.05) is 29.6 Å². The zero-order valence-corrected chi connectivity index (χ0v) is 7.54. The van der Waals surface area contributed by atoms with Crippen molar-refractivity contribution in [1.29, 1.82) is 0 Å². The highest BCUT2D eigenvalue weighted by atomic mass is 35.5. The van der Waals surface area contributed by atoms with Gasteiger partial charge in [-0.05, 0) is 12.5 Å². The minimum absolute atomic E-state index is 0.0341. The van der Waals surface area contributed by atoms with Gasteiger partial charge in [0.25, 0.3) is 0 Å². The van der Waals surface area contributed by atoms with Gasteiger partial charge in [-0.2, -0.15) is 0 Å². The van der Waals surface area contributed by atoms with E-state index >= 15 is 0 Å². The molecule has 0 radical (unpaired) electrons. The molecule has 0 amide bonds. The van der Waals surface area contributed by atoms with Crippen molar-refractivity contribution in [2.75, 3.05) is 0 Å². The Bertz CT molecular complexity index is 325. The molecule has 0 aliphatic carbocycles. The standard InChI is InChI=1S/C9H9ClN2/c1-9-3-5-12-8(10)7(9)2-4-11-6-9/h2,4-6H,3H2,1H3. The summed E-state index contributed by atoms with van der Waals surface area (Å²) in [4.78, 5) is 8.17. The lowest BCUT2D eigenvalue weighted by atomic mass is 9.79. The highest BCUT2D eigenvalue weighted by Gasteiger charge is 2.30. The van der Waals surface area contributed by atoms with Crippen LogP contribution in [0.3, 0.4) is 0 Å². The molecule has 0 saturated heterocycles. The Labute approximate surface area is 76.4 Å². The average Bonchev–Trinajstić information content (AvgIpc) is 2.04. The van der Waals surface area contributed by atoms with Crippen molar-refractivity contribution in [3.05, 3.63) is 23.0 Å². The molecular formula is C9H9ClN2. The van der Waals surface area contributed by atoms with Crippen molar-refractivity contribution in [2.45, 2.75) is 13.3 Å². The Kier molecular flexibility index (Phi) is 1.65. The molecule has 0 bridgehead atoms. The van der Waals surface area contributed by atoms with E-state index in [1.807, 2.05) is 18.5 Å². The van der Waals surface area contributed by atoms with Crippen LogP contribution in [-0.2, 0) is 0 Å². The van der Waals surface area contributed by atoms with E-state index in [0.717, 1.165) is 12.0 Å². The molecule has 0 saturated carbocycles. The number of halogens is 1. The predicted octanol–water partition coefficient (Wildman–Crippen LogP) is 2.52. The summed E-state index contributed by atoms with van der Waals surface area (Å²) in [5, 5.41) is 0.589. The van der Waals surface area contributed by atoms with E-state index in [-0.39, 0.29) is 5.41 Å². The van der Waals surface area contributed by atoms with Crippen LogP contribution in [0.25, 0.3) is 0 Å². The maximum absolute atomic E-state index is 5.95. The van der Waals surface area contributed by atoms with Crippen LogP contribution in [0.1, 0.15) is 13.3 Å². The molecule has 62 valence electrons. The third-order valence-corrected chi connectivity index (χ3v) is 2.55. The summed E-state index contributed by atoms with van der Waals surface area (Å²) >= 11 is 5.95. The summed E-state index contributed by atoms with van der Waals surface area (Å²) in [7, 11) is 0. The fraction of sp³-hybridized carbons (Fsp3) is 0.333. The number of allylic oxidation sites excluding steroid dienone is 2. The highest BCUT2D eigenvalue weighted by molar-refractivity contribution is 6.30. The highest BCUT2D eigenvalue weighted by Crippen LogP contribution is 2.37. The van der Waals surface area contributed by atoms with Gasteiger partial charge in [-0.15, -0.1) is 0 Å². The summed E-state index contributed by atoms with van der Waals surface area (Å²) in [6, 6.07) is 0. The van der Waals surface area contributed by atoms with Crippen molar-refractivity contribution in [3.63, 3.8) is 0 Å². The maximum Gasteiger partial charge on any atom is 0.132 e. The molecular weight excluding hydrogens is 172 g/mol. The summed E-state index contributed by atoms with van der Waals surface area (Å²) in [6.45, 7) is 2.11. The smallest absolute Gasteiger partial charge is 0.132 e. The molecule has 2 heterocycles. The van der Waals surface area contributed by atoms with Crippen LogP contribution >= 0.6 is 11.6 Å². The largest absolute Gasteiger partial charge is 0.268 e. The first-order valence-corrected chi connectivity index (χ1v) is 4.24. The van der Waals surface area contributed by atoms with Gasteiger partial charge in [-0.1, -0.05) is 18.5 Å². The topological polar surface area (TPSA) is 24.7 Å². The van der Waals surface area contributed by atoms with Gasteiger partial charge in [0.1, 0.15) is 5.16 Å². The molecule has 2 nitrogen and oxygen atoms in total. The molecule has 0 N–H and O–H groups in total. The lowest BCUT2D eigenvalue weighted by Crippen LogP contribution is -2.25. The Morgan fingerprint density at radius 3 is 3.17 bits per heavy atom. The van der Waals surface area contributed by atoms with Crippen molar-refractivity contribution in [2.24, 2.45) is 15.4 Å². The molecule has 0 aromatic carbocycles. The van der Waals surface area contributed by atoms with Crippen molar-refractivity contribution in [3.8, 4) is 0 Å². The monoisotopic (exact) mass is 180 g/mol. The fourth-order valence-corrected chi connectivity index (χ4v) is 1.78. The third-order valence-electron chi connectivity index (χ3n) is 2.24. The molecule has 12 heavy (non-hydrogen) atoms. The number of fused-ring (bicyclic) bond motifs is 1. The quantitative estimate of drug-likeness (QED) is 0.512. The Hall–Kier alpha value is -0.890. The summed E-state index contributed by atoms with van der Waals surface area (Å²) in [6.07, 6.45) is 8.33. The van der Waals surface area contributed by atoms with Crippen LogP contribution in [0.5, 0.6) is 0 Å². The summed E-state index contributed by atoms with van der Waals surface area (Å²) in [5.74, 6) is 0. The van der Waals surface area contributed by atoms with Crippen molar-refractivity contribution < 1.29 is 0 Å². The molecule has 0 fully saturated rings. The molecule has 2 aliphatic rings.